The first kappa shape index (κ1) is 23.1. The van der Waals surface area contributed by atoms with Gasteiger partial charge in [-0.2, -0.15) is 0 Å². The third kappa shape index (κ3) is 3.45. The number of hydrogen-bond donors (Lipinski definition) is 0. The fourth-order valence-corrected chi connectivity index (χ4v) is 6.62. The van der Waals surface area contributed by atoms with Crippen molar-refractivity contribution >= 4 is 54.5 Å². The second-order valence-corrected chi connectivity index (χ2v) is 10.9. The molecule has 0 atom stereocenters. The summed E-state index contributed by atoms with van der Waals surface area (Å²) in [6.45, 7) is 0. The molecule has 0 amide bonds. The zero-order valence-corrected chi connectivity index (χ0v) is 22.7. The highest BCUT2D eigenvalue weighted by molar-refractivity contribution is 6.22. The quantitative estimate of drug-likeness (QED) is 0.210. The van der Waals surface area contributed by atoms with Crippen LogP contribution < -0.4 is 0 Å². The van der Waals surface area contributed by atoms with Gasteiger partial charge in [0, 0.05) is 22.2 Å². The molecule has 0 aliphatic heterocycles. The van der Waals surface area contributed by atoms with E-state index in [-0.39, 0.29) is 0 Å². The molecule has 9 aromatic rings. The Morgan fingerprint density at radius 3 is 1.64 bits per heavy atom. The Morgan fingerprint density at radius 1 is 0.333 bits per heavy atom. The minimum absolute atomic E-state index is 0.839. The molecule has 7 aromatic carbocycles. The van der Waals surface area contributed by atoms with E-state index in [4.69, 9.17) is 8.83 Å². The van der Waals surface area contributed by atoms with Crippen LogP contribution in [0.4, 0.5) is 0 Å². The Labute approximate surface area is 242 Å². The molecule has 0 aliphatic rings. The van der Waals surface area contributed by atoms with Crippen LogP contribution in [0.1, 0.15) is 0 Å². The van der Waals surface area contributed by atoms with Gasteiger partial charge in [-0.05, 0) is 85.3 Å². The smallest absolute Gasteiger partial charge is 0.139 e. The predicted octanol–water partition coefficient (Wildman–Crippen LogP) is 11.6. The Hall–Kier alpha value is -5.60. The van der Waals surface area contributed by atoms with Gasteiger partial charge < -0.3 is 8.83 Å². The van der Waals surface area contributed by atoms with Crippen LogP contribution in [-0.4, -0.2) is 0 Å². The minimum Gasteiger partial charge on any atom is -0.464 e. The van der Waals surface area contributed by atoms with Crippen molar-refractivity contribution in [1.82, 2.24) is 0 Å². The fourth-order valence-electron chi connectivity index (χ4n) is 6.62. The molecule has 0 N–H and O–H groups in total. The van der Waals surface area contributed by atoms with E-state index in [1.54, 1.807) is 6.26 Å². The Kier molecular flexibility index (Phi) is 4.93. The van der Waals surface area contributed by atoms with E-state index in [0.29, 0.717) is 0 Å². The van der Waals surface area contributed by atoms with Crippen molar-refractivity contribution in [2.75, 3.05) is 0 Å². The van der Waals surface area contributed by atoms with Gasteiger partial charge in [0.1, 0.15) is 16.7 Å². The second kappa shape index (κ2) is 8.95. The zero-order chi connectivity index (χ0) is 27.6. The second-order valence-electron chi connectivity index (χ2n) is 10.9. The maximum atomic E-state index is 6.26. The summed E-state index contributed by atoms with van der Waals surface area (Å²) in [5.41, 5.74) is 9.89. The first-order chi connectivity index (χ1) is 20.8. The van der Waals surface area contributed by atoms with E-state index in [0.717, 1.165) is 32.9 Å². The molecule has 2 aromatic heterocycles. The predicted molar refractivity (Wildman–Crippen MR) is 175 cm³/mol. The molecule has 0 aliphatic carbocycles. The van der Waals surface area contributed by atoms with Crippen LogP contribution in [0, 0.1) is 0 Å². The maximum Gasteiger partial charge on any atom is 0.139 e. The molecule has 0 bridgehead atoms. The summed E-state index contributed by atoms with van der Waals surface area (Å²) >= 11 is 0. The van der Waals surface area contributed by atoms with Crippen molar-refractivity contribution in [3.8, 4) is 33.4 Å². The molecular formula is C40H24O2. The number of benzene rings is 7. The van der Waals surface area contributed by atoms with Gasteiger partial charge in [0.15, 0.2) is 0 Å². The average Bonchev–Trinajstić information content (AvgIpc) is 3.66. The zero-order valence-electron chi connectivity index (χ0n) is 22.7. The maximum absolute atomic E-state index is 6.26. The lowest BCUT2D eigenvalue weighted by molar-refractivity contribution is 0.613. The highest BCUT2D eigenvalue weighted by Gasteiger charge is 2.18. The third-order valence-corrected chi connectivity index (χ3v) is 8.52. The van der Waals surface area contributed by atoms with Crippen LogP contribution in [0.5, 0.6) is 0 Å². The Morgan fingerprint density at radius 2 is 0.929 bits per heavy atom. The van der Waals surface area contributed by atoms with Gasteiger partial charge in [-0.25, -0.2) is 0 Å². The highest BCUT2D eigenvalue weighted by atomic mass is 16.3. The van der Waals surface area contributed by atoms with Crippen LogP contribution in [0.2, 0.25) is 0 Å². The molecule has 42 heavy (non-hydrogen) atoms. The van der Waals surface area contributed by atoms with Crippen molar-refractivity contribution in [2.45, 2.75) is 0 Å². The first-order valence-electron chi connectivity index (χ1n) is 14.2. The molecule has 0 fully saturated rings. The largest absolute Gasteiger partial charge is 0.464 e. The lowest BCUT2D eigenvalue weighted by Gasteiger charge is -2.18. The number of furan rings is 2. The van der Waals surface area contributed by atoms with E-state index < -0.39 is 0 Å². The topological polar surface area (TPSA) is 26.3 Å². The molecule has 196 valence electrons. The molecule has 0 saturated carbocycles. The normalized spacial score (nSPS) is 11.8. The average molecular weight is 537 g/mol. The summed E-state index contributed by atoms with van der Waals surface area (Å²) in [5, 5.41) is 8.25. The summed E-state index contributed by atoms with van der Waals surface area (Å²) < 4.78 is 11.9. The van der Waals surface area contributed by atoms with Crippen molar-refractivity contribution in [1.29, 1.82) is 0 Å². The molecule has 0 unspecified atom stereocenters. The summed E-state index contributed by atoms with van der Waals surface area (Å²) in [5.74, 6) is 0. The van der Waals surface area contributed by atoms with Crippen molar-refractivity contribution in [3.63, 3.8) is 0 Å². The standard InChI is InChI=1S/C40H24O2/c1-2-9-25(10-3-1)26-11-8-12-28(21-26)39-30-13-4-6-15-32(30)40(33-16-7-5-14-31(33)39)29-17-18-36-34(23-29)35-22-27-19-20-41-37(27)24-38(35)42-36/h1-24H. The summed E-state index contributed by atoms with van der Waals surface area (Å²) in [6.07, 6.45) is 1.73. The van der Waals surface area contributed by atoms with Gasteiger partial charge in [-0.1, -0.05) is 103 Å². The molecule has 9 rings (SSSR count). The Bertz CT molecular complexity index is 2400. The van der Waals surface area contributed by atoms with Crippen molar-refractivity contribution in [3.05, 3.63) is 146 Å². The lowest BCUT2D eigenvalue weighted by Crippen LogP contribution is -1.91. The fraction of sp³-hybridized carbons (Fsp3) is 0. The molecular weight excluding hydrogens is 512 g/mol. The minimum atomic E-state index is 0.839. The Balaban J connectivity index is 1.33. The number of hydrogen-bond acceptors (Lipinski definition) is 2. The van der Waals surface area contributed by atoms with E-state index in [1.807, 2.05) is 12.1 Å². The van der Waals surface area contributed by atoms with Crippen LogP contribution >= 0.6 is 0 Å². The van der Waals surface area contributed by atoms with Crippen molar-refractivity contribution in [2.24, 2.45) is 0 Å². The summed E-state index contributed by atoms with van der Waals surface area (Å²) in [4.78, 5) is 0. The van der Waals surface area contributed by atoms with Crippen LogP contribution in [-0.2, 0) is 0 Å². The molecule has 0 spiro atoms. The first-order valence-corrected chi connectivity index (χ1v) is 14.2. The molecule has 2 heteroatoms. The molecule has 2 nitrogen and oxygen atoms in total. The van der Waals surface area contributed by atoms with E-state index in [2.05, 4.69) is 127 Å². The van der Waals surface area contributed by atoms with E-state index in [9.17, 15) is 0 Å². The molecule has 0 radical (unpaired) electrons. The van der Waals surface area contributed by atoms with Crippen LogP contribution in [0.15, 0.2) is 155 Å². The highest BCUT2D eigenvalue weighted by Crippen LogP contribution is 2.45. The molecule has 0 saturated heterocycles. The van der Waals surface area contributed by atoms with Gasteiger partial charge in [0.25, 0.3) is 0 Å². The number of rotatable bonds is 3. The van der Waals surface area contributed by atoms with Crippen molar-refractivity contribution < 1.29 is 8.83 Å². The summed E-state index contributed by atoms with van der Waals surface area (Å²) in [6, 6.07) is 49.9. The third-order valence-electron chi connectivity index (χ3n) is 8.52. The summed E-state index contributed by atoms with van der Waals surface area (Å²) in [7, 11) is 0. The van der Waals surface area contributed by atoms with Crippen LogP contribution in [0.3, 0.4) is 0 Å². The van der Waals surface area contributed by atoms with Gasteiger partial charge in [-0.3, -0.25) is 0 Å². The monoisotopic (exact) mass is 536 g/mol. The van der Waals surface area contributed by atoms with Gasteiger partial charge in [-0.15, -0.1) is 0 Å². The van der Waals surface area contributed by atoms with Gasteiger partial charge in [0.2, 0.25) is 0 Å². The lowest BCUT2D eigenvalue weighted by atomic mass is 9.85. The van der Waals surface area contributed by atoms with Gasteiger partial charge in [0.05, 0.1) is 6.26 Å². The number of fused-ring (bicyclic) bond motifs is 6. The van der Waals surface area contributed by atoms with E-state index in [1.165, 1.54) is 54.9 Å². The van der Waals surface area contributed by atoms with E-state index >= 15 is 0 Å². The van der Waals surface area contributed by atoms with Crippen LogP contribution in [0.25, 0.3) is 87.8 Å². The van der Waals surface area contributed by atoms with Gasteiger partial charge >= 0.3 is 0 Å². The molecule has 2 heterocycles. The SMILES string of the molecule is c1ccc(-c2cccc(-c3c4ccccc4c(-c4ccc5oc6cc7occc7cc6c5c4)c4ccccc34)c2)cc1.